The molecule has 5 aliphatic heterocycles. The molecule has 42 heavy (non-hydrogen) atoms. The summed E-state index contributed by atoms with van der Waals surface area (Å²) >= 11 is 0. The highest BCUT2D eigenvalue weighted by atomic mass is 16.3. The van der Waals surface area contributed by atoms with Crippen LogP contribution in [0.4, 0.5) is 0 Å². The third kappa shape index (κ3) is 7.49. The predicted octanol–water partition coefficient (Wildman–Crippen LogP) is -0.155. The van der Waals surface area contributed by atoms with Gasteiger partial charge in [-0.3, -0.25) is 19.9 Å². The molecular formula is C31H59N9O2. The summed E-state index contributed by atoms with van der Waals surface area (Å²) in [6.45, 7) is 10.1. The van der Waals surface area contributed by atoms with Gasteiger partial charge in [-0.2, -0.15) is 0 Å². The summed E-state index contributed by atoms with van der Waals surface area (Å²) in [4.78, 5) is 18.5. The van der Waals surface area contributed by atoms with E-state index < -0.39 is 0 Å². The average Bonchev–Trinajstić information content (AvgIpc) is 3.54. The number of rotatable bonds is 11. The standard InChI is InChI=1S/C31H59N9O2/c1-2-21-17-32-10-8-23(21)18-35-31(42)22-4-3-5-24(14-22)34-19-29-37-38-30(28-9-11-33-20-36-28)40(29)13-12-39-25-6-7-26(39)16-27(41)15-25/h21-30,32-34,36-38,41H,2-20H2,1H3,(H,35,42). The molecule has 8 N–H and O–H groups in total. The number of aliphatic hydroxyl groups is 1. The normalized spacial score (nSPS) is 41.7. The van der Waals surface area contributed by atoms with Crippen LogP contribution in [0.15, 0.2) is 0 Å². The second-order valence-corrected chi connectivity index (χ2v) is 14.1. The molecule has 0 aromatic heterocycles. The summed E-state index contributed by atoms with van der Waals surface area (Å²) in [5.41, 5.74) is 7.29. The van der Waals surface area contributed by atoms with Crippen LogP contribution in [0.5, 0.6) is 0 Å². The van der Waals surface area contributed by atoms with Gasteiger partial charge in [0.05, 0.1) is 18.4 Å². The van der Waals surface area contributed by atoms with Gasteiger partial charge in [-0.25, -0.2) is 10.9 Å². The first-order chi connectivity index (χ1) is 20.6. The molecule has 9 unspecified atom stereocenters. The Kier molecular flexibility index (Phi) is 11.1. The second-order valence-electron chi connectivity index (χ2n) is 14.1. The largest absolute Gasteiger partial charge is 0.393 e. The van der Waals surface area contributed by atoms with Gasteiger partial charge < -0.3 is 26.4 Å². The number of aliphatic hydroxyl groups excluding tert-OH is 1. The number of carbonyl (C=O) groups excluding carboxylic acids is 1. The summed E-state index contributed by atoms with van der Waals surface area (Å²) in [5, 5.41) is 28.2. The fourth-order valence-corrected chi connectivity index (χ4v) is 9.09. The second kappa shape index (κ2) is 14.9. The van der Waals surface area contributed by atoms with Gasteiger partial charge in [0.15, 0.2) is 0 Å². The van der Waals surface area contributed by atoms with E-state index in [1.54, 1.807) is 0 Å². The maximum atomic E-state index is 13.2. The highest BCUT2D eigenvalue weighted by molar-refractivity contribution is 5.78. The number of fused-ring (bicyclic) bond motifs is 2. The summed E-state index contributed by atoms with van der Waals surface area (Å²) < 4.78 is 0. The molecule has 5 heterocycles. The van der Waals surface area contributed by atoms with Crippen molar-refractivity contribution in [1.82, 2.24) is 47.2 Å². The van der Waals surface area contributed by atoms with Crippen LogP contribution in [0.3, 0.4) is 0 Å². The minimum atomic E-state index is -0.114. The molecule has 1 amide bonds. The lowest BCUT2D eigenvalue weighted by Gasteiger charge is -2.41. The smallest absolute Gasteiger partial charge is 0.223 e. The average molecular weight is 590 g/mol. The Hall–Kier alpha value is -0.890. The van der Waals surface area contributed by atoms with Gasteiger partial charge in [0, 0.05) is 62.9 Å². The molecule has 2 bridgehead atoms. The number of carbonyl (C=O) groups is 1. The van der Waals surface area contributed by atoms with Crippen LogP contribution in [-0.4, -0.2) is 116 Å². The molecule has 0 aromatic carbocycles. The van der Waals surface area contributed by atoms with E-state index in [-0.39, 0.29) is 30.3 Å². The molecule has 5 saturated heterocycles. The zero-order chi connectivity index (χ0) is 28.9. The first-order valence-electron chi connectivity index (χ1n) is 17.5. The van der Waals surface area contributed by atoms with Gasteiger partial charge >= 0.3 is 0 Å². The van der Waals surface area contributed by atoms with Crippen molar-refractivity contribution < 1.29 is 9.90 Å². The predicted molar refractivity (Wildman–Crippen MR) is 165 cm³/mol. The first kappa shape index (κ1) is 31.1. The molecule has 11 heteroatoms. The molecule has 0 aromatic rings. The van der Waals surface area contributed by atoms with Crippen molar-refractivity contribution in [2.24, 2.45) is 17.8 Å². The number of hydrazine groups is 1. The zero-order valence-electron chi connectivity index (χ0n) is 26.0. The molecule has 240 valence electrons. The van der Waals surface area contributed by atoms with Gasteiger partial charge in [-0.05, 0) is 89.3 Å². The lowest BCUT2D eigenvalue weighted by Crippen LogP contribution is -2.60. The highest BCUT2D eigenvalue weighted by Crippen LogP contribution is 2.35. The number of piperidine rings is 2. The molecule has 6 aliphatic rings. The first-order valence-corrected chi connectivity index (χ1v) is 17.5. The summed E-state index contributed by atoms with van der Waals surface area (Å²) in [7, 11) is 0. The van der Waals surface area contributed by atoms with Crippen LogP contribution >= 0.6 is 0 Å². The molecular weight excluding hydrogens is 530 g/mol. The molecule has 9 atom stereocenters. The van der Waals surface area contributed by atoms with Crippen molar-refractivity contribution in [2.75, 3.05) is 52.5 Å². The van der Waals surface area contributed by atoms with E-state index in [4.69, 9.17) is 0 Å². The minimum Gasteiger partial charge on any atom is -0.393 e. The van der Waals surface area contributed by atoms with E-state index in [1.807, 2.05) is 0 Å². The number of nitrogens with one attached hydrogen (secondary N) is 7. The number of hydrogen-bond donors (Lipinski definition) is 8. The van der Waals surface area contributed by atoms with Gasteiger partial charge in [0.2, 0.25) is 5.91 Å². The lowest BCUT2D eigenvalue weighted by molar-refractivity contribution is -0.126. The molecule has 6 fully saturated rings. The van der Waals surface area contributed by atoms with Crippen LogP contribution < -0.4 is 37.4 Å². The van der Waals surface area contributed by atoms with Crippen molar-refractivity contribution in [3.05, 3.63) is 0 Å². The molecule has 6 rings (SSSR count). The topological polar surface area (TPSA) is 128 Å². The Morgan fingerprint density at radius 1 is 0.881 bits per heavy atom. The van der Waals surface area contributed by atoms with Crippen LogP contribution in [0.1, 0.15) is 77.6 Å². The van der Waals surface area contributed by atoms with E-state index >= 15 is 0 Å². The van der Waals surface area contributed by atoms with Crippen LogP contribution in [0.25, 0.3) is 0 Å². The maximum Gasteiger partial charge on any atom is 0.223 e. The Labute approximate surface area is 253 Å². The van der Waals surface area contributed by atoms with Crippen molar-refractivity contribution in [2.45, 2.75) is 120 Å². The third-order valence-corrected chi connectivity index (χ3v) is 11.6. The molecule has 0 radical (unpaired) electrons. The number of hydrogen-bond acceptors (Lipinski definition) is 10. The molecule has 1 aliphatic carbocycles. The quantitative estimate of drug-likeness (QED) is 0.165. The Morgan fingerprint density at radius 2 is 1.69 bits per heavy atom. The monoisotopic (exact) mass is 589 g/mol. The van der Waals surface area contributed by atoms with E-state index in [2.05, 4.69) is 54.2 Å². The third-order valence-electron chi connectivity index (χ3n) is 11.6. The Balaban J connectivity index is 1.01. The lowest BCUT2D eigenvalue weighted by atomic mass is 9.83. The van der Waals surface area contributed by atoms with Crippen LogP contribution in [0, 0.1) is 17.8 Å². The van der Waals surface area contributed by atoms with Crippen molar-refractivity contribution in [1.29, 1.82) is 0 Å². The minimum absolute atomic E-state index is 0.114. The van der Waals surface area contributed by atoms with E-state index in [0.717, 1.165) is 97.4 Å². The van der Waals surface area contributed by atoms with Crippen LogP contribution in [0.2, 0.25) is 0 Å². The van der Waals surface area contributed by atoms with Crippen molar-refractivity contribution in [3.63, 3.8) is 0 Å². The van der Waals surface area contributed by atoms with Crippen molar-refractivity contribution >= 4 is 5.91 Å². The fourth-order valence-electron chi connectivity index (χ4n) is 9.09. The van der Waals surface area contributed by atoms with Gasteiger partial charge in [0.25, 0.3) is 0 Å². The van der Waals surface area contributed by atoms with E-state index in [0.29, 0.717) is 36.0 Å². The van der Waals surface area contributed by atoms with Gasteiger partial charge in [0.1, 0.15) is 0 Å². The van der Waals surface area contributed by atoms with Crippen molar-refractivity contribution in [3.8, 4) is 0 Å². The highest BCUT2D eigenvalue weighted by Gasteiger charge is 2.43. The number of amides is 1. The zero-order valence-corrected chi connectivity index (χ0v) is 26.0. The number of nitrogens with zero attached hydrogens (tertiary/aromatic N) is 2. The van der Waals surface area contributed by atoms with Gasteiger partial charge in [-0.15, -0.1) is 0 Å². The van der Waals surface area contributed by atoms with Crippen LogP contribution in [-0.2, 0) is 4.79 Å². The molecule has 1 saturated carbocycles. The maximum absolute atomic E-state index is 13.2. The summed E-state index contributed by atoms with van der Waals surface area (Å²) in [5.74, 6) is 1.68. The van der Waals surface area contributed by atoms with Gasteiger partial charge in [-0.1, -0.05) is 19.8 Å². The Bertz CT molecular complexity index is 846. The Morgan fingerprint density at radius 3 is 2.48 bits per heavy atom. The SMILES string of the molecule is CCC1CNCCC1CNC(=O)C1CCCC(NCC2NNC(C3CCNCN3)N2CCN2C3CCC2CC(O)C3)C1. The van der Waals surface area contributed by atoms with E-state index in [9.17, 15) is 9.90 Å². The molecule has 11 nitrogen and oxygen atoms in total. The molecule has 0 spiro atoms. The summed E-state index contributed by atoms with van der Waals surface area (Å²) in [6.07, 6.45) is 12.3. The van der Waals surface area contributed by atoms with E-state index in [1.165, 1.54) is 25.7 Å². The fraction of sp³-hybridized carbons (Fsp3) is 0.968. The summed E-state index contributed by atoms with van der Waals surface area (Å²) in [6, 6.07) is 1.87.